The van der Waals surface area contributed by atoms with Gasteiger partial charge in [0.15, 0.2) is 5.78 Å². The average Bonchev–Trinajstić information content (AvgIpc) is 2.93. The van der Waals surface area contributed by atoms with Crippen LogP contribution in [-0.4, -0.2) is 19.0 Å². The van der Waals surface area contributed by atoms with Crippen LogP contribution in [0.15, 0.2) is 24.3 Å². The number of nitrogens with zero attached hydrogens (tertiary/aromatic N) is 1. The molecule has 6 heteroatoms. The van der Waals surface area contributed by atoms with Crippen LogP contribution in [0.25, 0.3) is 0 Å². The Kier molecular flexibility index (Phi) is 4.09. The third-order valence-electron chi connectivity index (χ3n) is 3.29. The first-order valence-electron chi connectivity index (χ1n) is 6.11. The topological polar surface area (TPSA) is 50.1 Å². The minimum atomic E-state index is -4.49. The van der Waals surface area contributed by atoms with Gasteiger partial charge < -0.3 is 4.74 Å². The van der Waals surface area contributed by atoms with Gasteiger partial charge in [-0.05, 0) is 18.1 Å². The first-order valence-corrected chi connectivity index (χ1v) is 6.11. The maximum absolute atomic E-state index is 12.6. The zero-order valence-corrected chi connectivity index (χ0v) is 10.5. The van der Waals surface area contributed by atoms with E-state index in [0.29, 0.717) is 13.0 Å². The van der Waals surface area contributed by atoms with Crippen molar-refractivity contribution in [3.63, 3.8) is 0 Å². The highest BCUT2D eigenvalue weighted by molar-refractivity contribution is 5.90. The molecule has 20 heavy (non-hydrogen) atoms. The summed E-state index contributed by atoms with van der Waals surface area (Å²) < 4.78 is 43.0. The number of hydrogen-bond acceptors (Lipinski definition) is 3. The van der Waals surface area contributed by atoms with E-state index < -0.39 is 23.6 Å². The van der Waals surface area contributed by atoms with Crippen LogP contribution >= 0.6 is 0 Å². The second-order valence-electron chi connectivity index (χ2n) is 4.65. The third-order valence-corrected chi connectivity index (χ3v) is 3.29. The first-order chi connectivity index (χ1) is 9.43. The number of rotatable bonds is 3. The van der Waals surface area contributed by atoms with E-state index in [0.717, 1.165) is 12.1 Å². The standard InChI is InChI=1S/C14H12F3NO2/c15-14(16,17)11-3-1-2-9(6-11)12(7-18)13(19)10-4-5-20-8-10/h1-3,6,10,12H,4-5,8H2. The number of nitriles is 1. The summed E-state index contributed by atoms with van der Waals surface area (Å²) in [5.74, 6) is -1.96. The fourth-order valence-corrected chi connectivity index (χ4v) is 2.19. The van der Waals surface area contributed by atoms with Gasteiger partial charge in [0.25, 0.3) is 0 Å². The molecule has 0 aromatic heterocycles. The Morgan fingerprint density at radius 1 is 1.45 bits per heavy atom. The molecule has 1 saturated heterocycles. The summed E-state index contributed by atoms with van der Waals surface area (Å²) in [5, 5.41) is 9.11. The molecule has 1 aromatic rings. The molecular formula is C14H12F3NO2. The smallest absolute Gasteiger partial charge is 0.381 e. The molecule has 0 saturated carbocycles. The van der Waals surface area contributed by atoms with Gasteiger partial charge in [0.05, 0.1) is 18.2 Å². The molecule has 1 aliphatic heterocycles. The number of carbonyl (C=O) groups is 1. The van der Waals surface area contributed by atoms with Crippen LogP contribution in [0.1, 0.15) is 23.5 Å². The molecular weight excluding hydrogens is 271 g/mol. The van der Waals surface area contributed by atoms with Gasteiger partial charge in [-0.3, -0.25) is 4.79 Å². The van der Waals surface area contributed by atoms with Crippen LogP contribution in [0.5, 0.6) is 0 Å². The lowest BCUT2D eigenvalue weighted by Crippen LogP contribution is -2.22. The molecule has 1 fully saturated rings. The minimum Gasteiger partial charge on any atom is -0.381 e. The van der Waals surface area contributed by atoms with Crippen molar-refractivity contribution in [2.45, 2.75) is 18.5 Å². The predicted molar refractivity (Wildman–Crippen MR) is 63.7 cm³/mol. The maximum Gasteiger partial charge on any atom is 0.416 e. The first kappa shape index (κ1) is 14.5. The van der Waals surface area contributed by atoms with Gasteiger partial charge in [-0.2, -0.15) is 18.4 Å². The molecule has 2 rings (SSSR count). The summed E-state index contributed by atoms with van der Waals surface area (Å²) in [6.07, 6.45) is -3.98. The van der Waals surface area contributed by atoms with Crippen LogP contribution in [0.2, 0.25) is 0 Å². The average molecular weight is 283 g/mol. The number of carbonyl (C=O) groups excluding carboxylic acids is 1. The van der Waals surface area contributed by atoms with E-state index in [-0.39, 0.29) is 18.0 Å². The minimum absolute atomic E-state index is 0.0826. The van der Waals surface area contributed by atoms with Crippen molar-refractivity contribution in [2.24, 2.45) is 5.92 Å². The predicted octanol–water partition coefficient (Wildman–Crippen LogP) is 2.92. The Balaban J connectivity index is 2.28. The molecule has 0 aliphatic carbocycles. The second kappa shape index (κ2) is 5.63. The molecule has 1 aliphatic rings. The van der Waals surface area contributed by atoms with E-state index in [1.807, 2.05) is 0 Å². The van der Waals surface area contributed by atoms with Crippen molar-refractivity contribution in [2.75, 3.05) is 13.2 Å². The highest BCUT2D eigenvalue weighted by Gasteiger charge is 2.34. The second-order valence-corrected chi connectivity index (χ2v) is 4.65. The number of hydrogen-bond donors (Lipinski definition) is 0. The lowest BCUT2D eigenvalue weighted by Gasteiger charge is -2.14. The fourth-order valence-electron chi connectivity index (χ4n) is 2.19. The van der Waals surface area contributed by atoms with Gasteiger partial charge in [0.2, 0.25) is 0 Å². The Hall–Kier alpha value is -1.87. The van der Waals surface area contributed by atoms with Crippen molar-refractivity contribution >= 4 is 5.78 Å². The number of halogens is 3. The molecule has 1 aromatic carbocycles. The molecule has 0 radical (unpaired) electrons. The summed E-state index contributed by atoms with van der Waals surface area (Å²) in [7, 11) is 0. The van der Waals surface area contributed by atoms with Crippen molar-refractivity contribution < 1.29 is 22.7 Å². The van der Waals surface area contributed by atoms with Crippen LogP contribution < -0.4 is 0 Å². The fraction of sp³-hybridized carbons (Fsp3) is 0.429. The van der Waals surface area contributed by atoms with Crippen LogP contribution in [-0.2, 0) is 15.7 Å². The van der Waals surface area contributed by atoms with Gasteiger partial charge in [-0.1, -0.05) is 18.2 Å². The summed E-state index contributed by atoms with van der Waals surface area (Å²) in [6.45, 7) is 0.674. The quantitative estimate of drug-likeness (QED) is 0.857. The van der Waals surface area contributed by atoms with Crippen LogP contribution in [0, 0.1) is 17.2 Å². The Bertz CT molecular complexity index is 542. The van der Waals surface area contributed by atoms with Crippen LogP contribution in [0.4, 0.5) is 13.2 Å². The lowest BCUT2D eigenvalue weighted by molar-refractivity contribution is -0.137. The molecule has 0 amide bonds. The molecule has 106 valence electrons. The Morgan fingerprint density at radius 3 is 2.75 bits per heavy atom. The van der Waals surface area contributed by atoms with Gasteiger partial charge >= 0.3 is 6.18 Å². The molecule has 2 unspecified atom stereocenters. The van der Waals surface area contributed by atoms with E-state index in [9.17, 15) is 18.0 Å². The van der Waals surface area contributed by atoms with Gasteiger partial charge in [0.1, 0.15) is 5.92 Å². The largest absolute Gasteiger partial charge is 0.416 e. The number of alkyl halides is 3. The lowest BCUT2D eigenvalue weighted by atomic mass is 9.87. The number of ether oxygens (including phenoxy) is 1. The Labute approximate surface area is 114 Å². The molecule has 2 atom stereocenters. The summed E-state index contributed by atoms with van der Waals surface area (Å²) in [4.78, 5) is 12.2. The van der Waals surface area contributed by atoms with Crippen LogP contribution in [0.3, 0.4) is 0 Å². The molecule has 0 spiro atoms. The zero-order chi connectivity index (χ0) is 14.8. The van der Waals surface area contributed by atoms with E-state index >= 15 is 0 Å². The van der Waals surface area contributed by atoms with E-state index in [4.69, 9.17) is 10.00 Å². The maximum atomic E-state index is 12.6. The molecule has 0 bridgehead atoms. The molecule has 0 N–H and O–H groups in total. The van der Waals surface area contributed by atoms with Crippen molar-refractivity contribution in [3.8, 4) is 6.07 Å². The van der Waals surface area contributed by atoms with Crippen molar-refractivity contribution in [3.05, 3.63) is 35.4 Å². The van der Waals surface area contributed by atoms with E-state index in [2.05, 4.69) is 0 Å². The monoisotopic (exact) mass is 283 g/mol. The summed E-state index contributed by atoms with van der Waals surface area (Å²) in [6, 6.07) is 6.16. The number of Topliss-reactive ketones (excluding diaryl/α,β-unsaturated/α-hetero) is 1. The third kappa shape index (κ3) is 2.99. The van der Waals surface area contributed by atoms with Crippen molar-refractivity contribution in [1.29, 1.82) is 5.26 Å². The van der Waals surface area contributed by atoms with Gasteiger partial charge in [0, 0.05) is 12.5 Å². The van der Waals surface area contributed by atoms with E-state index in [1.54, 1.807) is 6.07 Å². The zero-order valence-electron chi connectivity index (χ0n) is 10.5. The van der Waals surface area contributed by atoms with Gasteiger partial charge in [-0.25, -0.2) is 0 Å². The SMILES string of the molecule is N#CC(C(=O)C1CCOC1)c1cccc(C(F)(F)F)c1. The molecule has 3 nitrogen and oxygen atoms in total. The summed E-state index contributed by atoms with van der Waals surface area (Å²) in [5.41, 5.74) is -0.773. The highest BCUT2D eigenvalue weighted by atomic mass is 19.4. The van der Waals surface area contributed by atoms with Gasteiger partial charge in [-0.15, -0.1) is 0 Å². The molecule has 1 heterocycles. The Morgan fingerprint density at radius 2 is 2.20 bits per heavy atom. The normalized spacial score (nSPS) is 20.4. The van der Waals surface area contributed by atoms with E-state index in [1.165, 1.54) is 12.1 Å². The van der Waals surface area contributed by atoms with Crippen molar-refractivity contribution in [1.82, 2.24) is 0 Å². The number of benzene rings is 1. The highest BCUT2D eigenvalue weighted by Crippen LogP contribution is 2.32. The number of ketones is 1. The summed E-state index contributed by atoms with van der Waals surface area (Å²) >= 11 is 0.